The molecular formula is C4H11Cl3N2O2P2. The highest BCUT2D eigenvalue weighted by molar-refractivity contribution is 8.12. The quantitative estimate of drug-likeness (QED) is 0.773. The van der Waals surface area contributed by atoms with Gasteiger partial charge in [0.2, 0.25) is 0 Å². The Balaban J connectivity index is 4.44. The van der Waals surface area contributed by atoms with Crippen molar-refractivity contribution in [2.75, 3.05) is 0 Å². The van der Waals surface area contributed by atoms with Crippen LogP contribution < -0.4 is 9.95 Å². The highest BCUT2D eigenvalue weighted by Gasteiger charge is 2.31. The van der Waals surface area contributed by atoms with Gasteiger partial charge in [-0.05, 0) is 54.5 Å². The Morgan fingerprint density at radius 3 is 1.69 bits per heavy atom. The number of hydrogen-bond acceptors (Lipinski definition) is 2. The molecule has 0 fully saturated rings. The summed E-state index contributed by atoms with van der Waals surface area (Å²) in [5, 5.41) is 2.52. The average molecular weight is 287 g/mol. The molecule has 1 unspecified atom stereocenters. The number of rotatable bonds is 3. The van der Waals surface area contributed by atoms with Gasteiger partial charge in [-0.1, -0.05) is 0 Å². The minimum Gasteiger partial charge on any atom is -0.271 e. The Bertz CT molecular complexity index is 271. The van der Waals surface area contributed by atoms with Crippen molar-refractivity contribution >= 4 is 46.5 Å². The Hall–Kier alpha value is 1.25. The molecule has 0 aliphatic heterocycles. The van der Waals surface area contributed by atoms with E-state index in [9.17, 15) is 9.13 Å². The molecule has 2 N–H and O–H groups in total. The molecule has 9 heteroatoms. The van der Waals surface area contributed by atoms with E-state index in [1.807, 2.05) is 4.86 Å². The topological polar surface area (TPSA) is 58.2 Å². The van der Waals surface area contributed by atoms with Crippen LogP contribution >= 0.6 is 46.5 Å². The highest BCUT2D eigenvalue weighted by Crippen LogP contribution is 2.62. The van der Waals surface area contributed by atoms with Crippen molar-refractivity contribution in [3.05, 3.63) is 0 Å². The molecule has 80 valence electrons. The molecule has 13 heavy (non-hydrogen) atoms. The average Bonchev–Trinajstić information content (AvgIpc) is 1.43. The lowest BCUT2D eigenvalue weighted by atomic mass is 10.1. The molecule has 0 aliphatic carbocycles. The largest absolute Gasteiger partial charge is 0.327 e. The third-order valence-electron chi connectivity index (χ3n) is 0.724. The van der Waals surface area contributed by atoms with E-state index in [4.69, 9.17) is 33.7 Å². The Labute approximate surface area is 92.0 Å². The summed E-state index contributed by atoms with van der Waals surface area (Å²) < 4.78 is 22.3. The molecule has 0 aliphatic rings. The van der Waals surface area contributed by atoms with Crippen LogP contribution in [-0.2, 0) is 9.13 Å². The smallest absolute Gasteiger partial charge is 0.271 e. The first kappa shape index (κ1) is 14.2. The van der Waals surface area contributed by atoms with Crippen molar-refractivity contribution < 1.29 is 9.13 Å². The predicted molar refractivity (Wildman–Crippen MR) is 58.8 cm³/mol. The van der Waals surface area contributed by atoms with Crippen LogP contribution in [0.4, 0.5) is 0 Å². The fourth-order valence-electron chi connectivity index (χ4n) is 0.606. The van der Waals surface area contributed by atoms with Crippen LogP contribution in [0.1, 0.15) is 20.8 Å². The molecular weight excluding hydrogens is 276 g/mol. The summed E-state index contributed by atoms with van der Waals surface area (Å²) >= 11 is 15.8. The van der Waals surface area contributed by atoms with Crippen LogP contribution in [0.5, 0.6) is 0 Å². The standard InChI is InChI=1S/C4H11Cl3N2O2P2/c1-4(2,3)8-13(7,11)9-12(5,6)10/h1-3H3,(H2,8,9,10,11). The Morgan fingerprint density at radius 1 is 1.08 bits per heavy atom. The molecule has 0 amide bonds. The summed E-state index contributed by atoms with van der Waals surface area (Å²) in [6, 6.07) is 0. The van der Waals surface area contributed by atoms with Gasteiger partial charge in [-0.25, -0.2) is 5.09 Å². The summed E-state index contributed by atoms with van der Waals surface area (Å²) in [6.07, 6.45) is 0. The van der Waals surface area contributed by atoms with Crippen molar-refractivity contribution in [1.82, 2.24) is 9.95 Å². The maximum absolute atomic E-state index is 11.4. The second kappa shape index (κ2) is 4.40. The van der Waals surface area contributed by atoms with Gasteiger partial charge in [0.1, 0.15) is 0 Å². The summed E-state index contributed by atoms with van der Waals surface area (Å²) in [5.41, 5.74) is -0.493. The van der Waals surface area contributed by atoms with Gasteiger partial charge in [0.25, 0.3) is 0 Å². The van der Waals surface area contributed by atoms with Crippen LogP contribution in [-0.4, -0.2) is 5.54 Å². The lowest BCUT2D eigenvalue weighted by molar-refractivity contribution is 0.495. The Kier molecular flexibility index (Phi) is 4.83. The second-order valence-electron chi connectivity index (χ2n) is 3.46. The van der Waals surface area contributed by atoms with Crippen molar-refractivity contribution in [2.24, 2.45) is 0 Å². The van der Waals surface area contributed by atoms with Crippen molar-refractivity contribution in [3.63, 3.8) is 0 Å². The van der Waals surface area contributed by atoms with Gasteiger partial charge in [-0.3, -0.25) is 9.13 Å². The SMILES string of the molecule is CC(C)(C)NP(=O)(Cl)NP(=O)(Cl)Cl. The minimum atomic E-state index is -3.64. The zero-order valence-corrected chi connectivity index (χ0v) is 11.4. The molecule has 0 aromatic carbocycles. The van der Waals surface area contributed by atoms with E-state index in [0.29, 0.717) is 0 Å². The van der Waals surface area contributed by atoms with Gasteiger partial charge in [0.05, 0.1) is 0 Å². The third-order valence-corrected chi connectivity index (χ3v) is 5.94. The molecule has 0 spiro atoms. The van der Waals surface area contributed by atoms with Gasteiger partial charge in [-0.15, -0.1) is 0 Å². The molecule has 1 atom stereocenters. The summed E-state index contributed by atoms with van der Waals surface area (Å²) in [6.45, 7) is 1.75. The molecule has 0 rings (SSSR count). The van der Waals surface area contributed by atoms with E-state index < -0.39 is 18.3 Å². The number of nitrogens with one attached hydrogen (secondary N) is 2. The molecule has 0 heterocycles. The first-order valence-electron chi connectivity index (χ1n) is 3.29. The van der Waals surface area contributed by atoms with Gasteiger partial charge < -0.3 is 0 Å². The van der Waals surface area contributed by atoms with E-state index in [1.165, 1.54) is 0 Å². The van der Waals surface area contributed by atoms with E-state index in [-0.39, 0.29) is 0 Å². The molecule has 0 radical (unpaired) electrons. The lowest BCUT2D eigenvalue weighted by Gasteiger charge is -2.24. The van der Waals surface area contributed by atoms with Crippen molar-refractivity contribution in [3.8, 4) is 0 Å². The lowest BCUT2D eigenvalue weighted by Crippen LogP contribution is -2.34. The van der Waals surface area contributed by atoms with E-state index in [2.05, 4.69) is 5.09 Å². The van der Waals surface area contributed by atoms with Gasteiger partial charge in [-0.2, -0.15) is 4.86 Å². The molecule has 0 aromatic rings. The highest BCUT2D eigenvalue weighted by atomic mass is 35.9. The van der Waals surface area contributed by atoms with Crippen LogP contribution in [0.15, 0.2) is 0 Å². The number of halogens is 3. The molecule has 0 saturated heterocycles. The third kappa shape index (κ3) is 9.55. The summed E-state index contributed by atoms with van der Waals surface area (Å²) in [5.74, 6) is -3.64. The van der Waals surface area contributed by atoms with E-state index >= 15 is 0 Å². The zero-order valence-electron chi connectivity index (χ0n) is 7.34. The normalized spacial score (nSPS) is 18.3. The number of hydrogen-bond donors (Lipinski definition) is 2. The van der Waals surface area contributed by atoms with E-state index in [0.717, 1.165) is 0 Å². The molecule has 4 nitrogen and oxygen atoms in total. The molecule has 0 bridgehead atoms. The minimum absolute atomic E-state index is 0.493. The maximum atomic E-state index is 11.4. The maximum Gasteiger partial charge on any atom is 0.327 e. The zero-order chi connectivity index (χ0) is 10.9. The van der Waals surface area contributed by atoms with Gasteiger partial charge in [0.15, 0.2) is 0 Å². The molecule has 0 saturated carbocycles. The van der Waals surface area contributed by atoms with Crippen LogP contribution in [0.3, 0.4) is 0 Å². The Morgan fingerprint density at radius 2 is 1.46 bits per heavy atom. The van der Waals surface area contributed by atoms with Crippen LogP contribution in [0.2, 0.25) is 0 Å². The van der Waals surface area contributed by atoms with Crippen LogP contribution in [0.25, 0.3) is 0 Å². The van der Waals surface area contributed by atoms with Gasteiger partial charge >= 0.3 is 12.8 Å². The summed E-state index contributed by atoms with van der Waals surface area (Å²) in [7, 11) is 0. The fourth-order valence-corrected chi connectivity index (χ4v) is 7.20. The summed E-state index contributed by atoms with van der Waals surface area (Å²) in [4.78, 5) is 1.95. The second-order valence-corrected chi connectivity index (χ2v) is 11.3. The van der Waals surface area contributed by atoms with Gasteiger partial charge in [0, 0.05) is 5.54 Å². The predicted octanol–water partition coefficient (Wildman–Crippen LogP) is 3.90. The van der Waals surface area contributed by atoms with Crippen molar-refractivity contribution in [2.45, 2.75) is 26.3 Å². The fraction of sp³-hybridized carbons (Fsp3) is 1.00. The first-order chi connectivity index (χ1) is 5.41. The first-order valence-corrected chi connectivity index (χ1v) is 9.42. The van der Waals surface area contributed by atoms with E-state index in [1.54, 1.807) is 20.8 Å². The van der Waals surface area contributed by atoms with Crippen molar-refractivity contribution in [1.29, 1.82) is 0 Å². The molecule has 0 aromatic heterocycles. The van der Waals surface area contributed by atoms with Crippen LogP contribution in [0, 0.1) is 0 Å². The monoisotopic (exact) mass is 286 g/mol.